The van der Waals surface area contributed by atoms with E-state index < -0.39 is 5.91 Å². The van der Waals surface area contributed by atoms with Crippen LogP contribution in [0.4, 0.5) is 5.69 Å². The Morgan fingerprint density at radius 3 is 2.32 bits per heavy atom. The second-order valence-corrected chi connectivity index (χ2v) is 5.55. The smallest absolute Gasteiger partial charge is 0.259 e. The van der Waals surface area contributed by atoms with Crippen LogP contribution >= 0.6 is 31.9 Å². The molecule has 0 heterocycles. The van der Waals surface area contributed by atoms with E-state index in [-0.39, 0.29) is 21.5 Å². The Morgan fingerprint density at radius 1 is 1.05 bits per heavy atom. The molecule has 0 atom stereocenters. The van der Waals surface area contributed by atoms with Crippen molar-refractivity contribution >= 4 is 43.5 Å². The van der Waals surface area contributed by atoms with Crippen molar-refractivity contribution in [3.63, 3.8) is 0 Å². The summed E-state index contributed by atoms with van der Waals surface area (Å²) in [6.45, 7) is 0. The summed E-state index contributed by atoms with van der Waals surface area (Å²) in [5.74, 6) is -0.825. The van der Waals surface area contributed by atoms with Gasteiger partial charge in [-0.2, -0.15) is 0 Å². The van der Waals surface area contributed by atoms with Crippen LogP contribution in [0, 0.1) is 0 Å². The maximum Gasteiger partial charge on any atom is 0.259 e. The molecule has 0 fully saturated rings. The van der Waals surface area contributed by atoms with Gasteiger partial charge in [0, 0.05) is 10.2 Å². The van der Waals surface area contributed by atoms with Crippen LogP contribution in [0.15, 0.2) is 45.3 Å². The lowest BCUT2D eigenvalue weighted by atomic mass is 10.1. The second kappa shape index (κ2) is 5.63. The van der Waals surface area contributed by atoms with Crippen LogP contribution in [-0.2, 0) is 0 Å². The Hall–Kier alpha value is -1.53. The van der Waals surface area contributed by atoms with Crippen LogP contribution in [0.3, 0.4) is 0 Å². The topological polar surface area (TPSA) is 69.6 Å². The number of nitrogens with one attached hydrogen (secondary N) is 1. The summed E-state index contributed by atoms with van der Waals surface area (Å²) >= 11 is 6.36. The van der Waals surface area contributed by atoms with E-state index in [4.69, 9.17) is 0 Å². The van der Waals surface area contributed by atoms with Gasteiger partial charge in [-0.05, 0) is 52.3 Å². The molecule has 4 nitrogen and oxygen atoms in total. The quantitative estimate of drug-likeness (QED) is 0.686. The highest BCUT2D eigenvalue weighted by atomic mass is 79.9. The molecule has 0 aliphatic rings. The molecule has 0 unspecified atom stereocenters. The Bertz CT molecular complexity index is 627. The first-order valence-corrected chi connectivity index (χ1v) is 6.84. The van der Waals surface area contributed by atoms with Gasteiger partial charge in [0.05, 0.1) is 10.0 Å². The summed E-state index contributed by atoms with van der Waals surface area (Å²) in [6, 6.07) is 9.52. The third-order valence-electron chi connectivity index (χ3n) is 2.39. The van der Waals surface area contributed by atoms with E-state index in [1.807, 2.05) is 0 Å². The third-order valence-corrected chi connectivity index (χ3v) is 3.53. The van der Waals surface area contributed by atoms with Gasteiger partial charge in [-0.3, -0.25) is 4.79 Å². The first-order chi connectivity index (χ1) is 8.97. The zero-order valence-electron chi connectivity index (χ0n) is 9.52. The fraction of sp³-hybridized carbons (Fsp3) is 0. The van der Waals surface area contributed by atoms with Crippen molar-refractivity contribution in [3.05, 3.63) is 50.9 Å². The van der Waals surface area contributed by atoms with Gasteiger partial charge in [0.25, 0.3) is 5.91 Å². The van der Waals surface area contributed by atoms with E-state index in [2.05, 4.69) is 37.2 Å². The number of rotatable bonds is 2. The van der Waals surface area contributed by atoms with Gasteiger partial charge < -0.3 is 15.5 Å². The molecule has 6 heteroatoms. The molecule has 0 aromatic heterocycles. The van der Waals surface area contributed by atoms with E-state index in [1.54, 1.807) is 24.3 Å². The van der Waals surface area contributed by atoms with Crippen molar-refractivity contribution in [2.75, 3.05) is 5.32 Å². The van der Waals surface area contributed by atoms with Gasteiger partial charge in [-0.15, -0.1) is 0 Å². The summed E-state index contributed by atoms with van der Waals surface area (Å²) in [5, 5.41) is 21.9. The SMILES string of the molecule is O=C(Nc1ccc(Br)cc1)c1cc(O)cc(Br)c1O. The number of phenols is 2. The number of anilines is 1. The zero-order valence-corrected chi connectivity index (χ0v) is 12.7. The minimum absolute atomic E-state index is 0.00482. The molecule has 0 radical (unpaired) electrons. The van der Waals surface area contributed by atoms with Crippen LogP contribution in [-0.4, -0.2) is 16.1 Å². The highest BCUT2D eigenvalue weighted by molar-refractivity contribution is 9.10. The van der Waals surface area contributed by atoms with Gasteiger partial charge in [0.2, 0.25) is 0 Å². The molecule has 2 aromatic rings. The van der Waals surface area contributed by atoms with Crippen molar-refractivity contribution in [2.24, 2.45) is 0 Å². The number of amides is 1. The number of carbonyl (C=O) groups excluding carboxylic acids is 1. The monoisotopic (exact) mass is 385 g/mol. The standard InChI is InChI=1S/C13H9Br2NO3/c14-7-1-3-8(4-2-7)16-13(19)10-5-9(17)6-11(15)12(10)18/h1-6,17-18H,(H,16,19). The third kappa shape index (κ3) is 3.27. The molecule has 2 aromatic carbocycles. The van der Waals surface area contributed by atoms with Gasteiger partial charge in [0.1, 0.15) is 11.5 Å². The molecular formula is C13H9Br2NO3. The molecular weight excluding hydrogens is 378 g/mol. The van der Waals surface area contributed by atoms with Crippen molar-refractivity contribution in [2.45, 2.75) is 0 Å². The maximum absolute atomic E-state index is 12.0. The van der Waals surface area contributed by atoms with Crippen LogP contribution in [0.5, 0.6) is 11.5 Å². The summed E-state index contributed by atoms with van der Waals surface area (Å²) in [5.41, 5.74) is 0.585. The normalized spacial score (nSPS) is 10.2. The number of hydrogen-bond donors (Lipinski definition) is 3. The maximum atomic E-state index is 12.0. The molecule has 0 aliphatic heterocycles. The first-order valence-electron chi connectivity index (χ1n) is 5.26. The number of phenolic OH excluding ortho intramolecular Hbond substituents is 2. The van der Waals surface area contributed by atoms with Gasteiger partial charge in [-0.25, -0.2) is 0 Å². The number of aromatic hydroxyl groups is 2. The molecule has 3 N–H and O–H groups in total. The number of benzene rings is 2. The lowest BCUT2D eigenvalue weighted by Gasteiger charge is -2.08. The number of carbonyl (C=O) groups is 1. The lowest BCUT2D eigenvalue weighted by Crippen LogP contribution is -2.12. The molecule has 0 aliphatic carbocycles. The average Bonchev–Trinajstić information content (AvgIpc) is 2.36. The Kier molecular flexibility index (Phi) is 4.11. The van der Waals surface area contributed by atoms with E-state index in [1.165, 1.54) is 12.1 Å². The zero-order chi connectivity index (χ0) is 14.0. The van der Waals surface area contributed by atoms with E-state index >= 15 is 0 Å². The predicted octanol–water partition coefficient (Wildman–Crippen LogP) is 3.88. The van der Waals surface area contributed by atoms with Crippen LogP contribution in [0.2, 0.25) is 0 Å². The Morgan fingerprint density at radius 2 is 1.68 bits per heavy atom. The molecule has 0 saturated heterocycles. The highest BCUT2D eigenvalue weighted by Gasteiger charge is 2.15. The van der Waals surface area contributed by atoms with E-state index in [0.29, 0.717) is 5.69 Å². The molecule has 0 saturated carbocycles. The molecule has 1 amide bonds. The van der Waals surface area contributed by atoms with E-state index in [9.17, 15) is 15.0 Å². The number of halogens is 2. The lowest BCUT2D eigenvalue weighted by molar-refractivity contribution is 0.102. The number of hydrogen-bond acceptors (Lipinski definition) is 3. The summed E-state index contributed by atoms with van der Waals surface area (Å²) < 4.78 is 1.15. The van der Waals surface area contributed by atoms with Crippen LogP contribution < -0.4 is 5.32 Å². The van der Waals surface area contributed by atoms with Crippen LogP contribution in [0.1, 0.15) is 10.4 Å². The first kappa shape index (κ1) is 13.9. The van der Waals surface area contributed by atoms with Crippen molar-refractivity contribution in [1.29, 1.82) is 0 Å². The van der Waals surface area contributed by atoms with Crippen LogP contribution in [0.25, 0.3) is 0 Å². The van der Waals surface area contributed by atoms with Crippen molar-refractivity contribution < 1.29 is 15.0 Å². The average molecular weight is 387 g/mol. The Balaban J connectivity index is 2.27. The molecule has 0 spiro atoms. The minimum atomic E-state index is -0.503. The summed E-state index contributed by atoms with van der Waals surface area (Å²) in [7, 11) is 0. The van der Waals surface area contributed by atoms with Gasteiger partial charge >= 0.3 is 0 Å². The summed E-state index contributed by atoms with van der Waals surface area (Å²) in [6.07, 6.45) is 0. The van der Waals surface area contributed by atoms with E-state index in [0.717, 1.165) is 4.47 Å². The summed E-state index contributed by atoms with van der Waals surface area (Å²) in [4.78, 5) is 12.0. The largest absolute Gasteiger partial charge is 0.508 e. The minimum Gasteiger partial charge on any atom is -0.508 e. The molecule has 98 valence electrons. The molecule has 0 bridgehead atoms. The van der Waals surface area contributed by atoms with Crippen molar-refractivity contribution in [3.8, 4) is 11.5 Å². The van der Waals surface area contributed by atoms with Gasteiger partial charge in [0.15, 0.2) is 0 Å². The highest BCUT2D eigenvalue weighted by Crippen LogP contribution is 2.32. The molecule has 19 heavy (non-hydrogen) atoms. The van der Waals surface area contributed by atoms with Crippen molar-refractivity contribution in [1.82, 2.24) is 0 Å². The fourth-order valence-corrected chi connectivity index (χ4v) is 2.20. The molecule has 2 rings (SSSR count). The Labute approximate surface area is 126 Å². The predicted molar refractivity (Wildman–Crippen MR) is 79.6 cm³/mol. The van der Waals surface area contributed by atoms with Gasteiger partial charge in [-0.1, -0.05) is 15.9 Å². The fourth-order valence-electron chi connectivity index (χ4n) is 1.49. The second-order valence-electron chi connectivity index (χ2n) is 3.78.